The van der Waals surface area contributed by atoms with Crippen molar-refractivity contribution in [3.05, 3.63) is 65.2 Å². The van der Waals surface area contributed by atoms with Crippen LogP contribution in [0, 0.1) is 0 Å². The standard InChI is InChI=1S/C14H10N2O2/c17-13-8-14(18)16(10-4-2-1-3-5-10)12-9-15-7-6-11(12)13/h1-9,17H. The summed E-state index contributed by atoms with van der Waals surface area (Å²) in [6.07, 6.45) is 3.16. The molecule has 0 radical (unpaired) electrons. The van der Waals surface area contributed by atoms with Gasteiger partial charge in [-0.15, -0.1) is 0 Å². The van der Waals surface area contributed by atoms with Gasteiger partial charge >= 0.3 is 0 Å². The van der Waals surface area contributed by atoms with Gasteiger partial charge in [0.2, 0.25) is 0 Å². The molecule has 1 aromatic carbocycles. The summed E-state index contributed by atoms with van der Waals surface area (Å²) in [5.41, 5.74) is 1.06. The van der Waals surface area contributed by atoms with Gasteiger partial charge in [0.05, 0.1) is 11.7 Å². The maximum atomic E-state index is 12.0. The van der Waals surface area contributed by atoms with E-state index in [9.17, 15) is 9.90 Å². The number of para-hydroxylation sites is 1. The van der Waals surface area contributed by atoms with Gasteiger partial charge in [-0.2, -0.15) is 0 Å². The summed E-state index contributed by atoms with van der Waals surface area (Å²) in [6, 6.07) is 12.2. The number of hydrogen-bond donors (Lipinski definition) is 1. The summed E-state index contributed by atoms with van der Waals surface area (Å²) in [4.78, 5) is 16.0. The predicted molar refractivity (Wildman–Crippen MR) is 69.0 cm³/mol. The van der Waals surface area contributed by atoms with Gasteiger partial charge in [0.1, 0.15) is 5.75 Å². The molecule has 0 aliphatic heterocycles. The highest BCUT2D eigenvalue weighted by molar-refractivity contribution is 5.85. The summed E-state index contributed by atoms with van der Waals surface area (Å²) in [6.45, 7) is 0. The van der Waals surface area contributed by atoms with Crippen LogP contribution in [-0.2, 0) is 0 Å². The molecule has 0 atom stereocenters. The topological polar surface area (TPSA) is 55.1 Å². The van der Waals surface area contributed by atoms with Crippen molar-refractivity contribution in [3.8, 4) is 11.4 Å². The first kappa shape index (κ1) is 10.5. The van der Waals surface area contributed by atoms with Gasteiger partial charge in [0.15, 0.2) is 0 Å². The third-order valence-corrected chi connectivity index (χ3v) is 2.81. The van der Waals surface area contributed by atoms with Gasteiger partial charge in [-0.25, -0.2) is 0 Å². The first-order valence-corrected chi connectivity index (χ1v) is 5.51. The van der Waals surface area contributed by atoms with Crippen molar-refractivity contribution in [2.24, 2.45) is 0 Å². The minimum atomic E-state index is -0.279. The number of aromatic hydroxyl groups is 1. The first-order chi connectivity index (χ1) is 8.77. The van der Waals surface area contributed by atoms with E-state index >= 15 is 0 Å². The molecule has 2 heterocycles. The second-order valence-corrected chi connectivity index (χ2v) is 3.93. The largest absolute Gasteiger partial charge is 0.507 e. The molecule has 18 heavy (non-hydrogen) atoms. The van der Waals surface area contributed by atoms with Gasteiger partial charge in [-0.3, -0.25) is 14.3 Å². The Labute approximate surface area is 103 Å². The molecule has 1 N–H and O–H groups in total. The molecular weight excluding hydrogens is 228 g/mol. The van der Waals surface area contributed by atoms with Crippen molar-refractivity contribution in [1.29, 1.82) is 0 Å². The Kier molecular flexibility index (Phi) is 2.34. The van der Waals surface area contributed by atoms with Crippen LogP contribution in [0.1, 0.15) is 0 Å². The number of hydrogen-bond acceptors (Lipinski definition) is 3. The van der Waals surface area contributed by atoms with Gasteiger partial charge in [0, 0.05) is 23.3 Å². The lowest BCUT2D eigenvalue weighted by molar-refractivity contribution is 0.480. The number of pyridine rings is 2. The Morgan fingerprint density at radius 2 is 1.89 bits per heavy atom. The number of benzene rings is 1. The average Bonchev–Trinajstić information content (AvgIpc) is 2.40. The van der Waals surface area contributed by atoms with Gasteiger partial charge in [-0.05, 0) is 18.2 Å². The maximum Gasteiger partial charge on any atom is 0.259 e. The summed E-state index contributed by atoms with van der Waals surface area (Å²) in [5, 5.41) is 10.4. The second kappa shape index (κ2) is 4.00. The molecule has 0 fully saturated rings. The third kappa shape index (κ3) is 1.55. The molecule has 3 aromatic rings. The molecule has 0 saturated carbocycles. The van der Waals surface area contributed by atoms with Gasteiger partial charge < -0.3 is 5.11 Å². The Hall–Kier alpha value is -2.62. The van der Waals surface area contributed by atoms with Crippen LogP contribution in [0.4, 0.5) is 0 Å². The van der Waals surface area contributed by atoms with Crippen LogP contribution in [0.3, 0.4) is 0 Å². The predicted octanol–water partition coefficient (Wildman–Crippen LogP) is 2.09. The van der Waals surface area contributed by atoms with Crippen molar-refractivity contribution in [2.45, 2.75) is 0 Å². The second-order valence-electron chi connectivity index (χ2n) is 3.93. The Morgan fingerprint density at radius 1 is 1.11 bits per heavy atom. The van der Waals surface area contributed by atoms with Crippen LogP contribution in [0.25, 0.3) is 16.6 Å². The third-order valence-electron chi connectivity index (χ3n) is 2.81. The molecule has 0 aliphatic rings. The molecule has 0 saturated heterocycles. The molecular formula is C14H10N2O2. The normalized spacial score (nSPS) is 10.7. The Bertz CT molecular complexity index is 764. The van der Waals surface area contributed by atoms with E-state index in [0.717, 1.165) is 5.69 Å². The van der Waals surface area contributed by atoms with E-state index in [0.29, 0.717) is 10.9 Å². The van der Waals surface area contributed by atoms with Crippen LogP contribution in [0.2, 0.25) is 0 Å². The molecule has 2 aromatic heterocycles. The summed E-state index contributed by atoms with van der Waals surface area (Å²) < 4.78 is 1.53. The van der Waals surface area contributed by atoms with Crippen LogP contribution in [0.15, 0.2) is 59.7 Å². The van der Waals surface area contributed by atoms with E-state index in [1.807, 2.05) is 30.3 Å². The molecule has 4 nitrogen and oxygen atoms in total. The molecule has 4 heteroatoms. The Balaban J connectivity index is 2.46. The van der Waals surface area contributed by atoms with Crippen molar-refractivity contribution in [1.82, 2.24) is 9.55 Å². The monoisotopic (exact) mass is 238 g/mol. The fraction of sp³-hybridized carbons (Fsp3) is 0. The summed E-state index contributed by atoms with van der Waals surface area (Å²) in [5.74, 6) is -0.0235. The lowest BCUT2D eigenvalue weighted by atomic mass is 10.2. The van der Waals surface area contributed by atoms with Crippen molar-refractivity contribution < 1.29 is 5.11 Å². The quantitative estimate of drug-likeness (QED) is 0.706. The number of rotatable bonds is 1. The summed E-state index contributed by atoms with van der Waals surface area (Å²) in [7, 11) is 0. The average molecular weight is 238 g/mol. The van der Waals surface area contributed by atoms with E-state index < -0.39 is 0 Å². The van der Waals surface area contributed by atoms with Crippen molar-refractivity contribution in [2.75, 3.05) is 0 Å². The van der Waals surface area contributed by atoms with E-state index in [4.69, 9.17) is 0 Å². The lowest BCUT2D eigenvalue weighted by Crippen LogP contribution is -2.17. The fourth-order valence-electron chi connectivity index (χ4n) is 2.00. The highest BCUT2D eigenvalue weighted by Crippen LogP contribution is 2.23. The molecule has 0 unspecified atom stereocenters. The van der Waals surface area contributed by atoms with Gasteiger partial charge in [0.25, 0.3) is 5.56 Å². The zero-order chi connectivity index (χ0) is 12.5. The lowest BCUT2D eigenvalue weighted by Gasteiger charge is -2.10. The van der Waals surface area contributed by atoms with E-state index in [-0.39, 0.29) is 11.3 Å². The number of aromatic nitrogens is 2. The first-order valence-electron chi connectivity index (χ1n) is 5.51. The molecule has 0 spiro atoms. The smallest absolute Gasteiger partial charge is 0.259 e. The number of fused-ring (bicyclic) bond motifs is 1. The molecule has 0 bridgehead atoms. The van der Waals surface area contributed by atoms with Crippen molar-refractivity contribution >= 4 is 10.9 Å². The van der Waals surface area contributed by atoms with E-state index in [1.165, 1.54) is 10.6 Å². The minimum Gasteiger partial charge on any atom is -0.507 e. The van der Waals surface area contributed by atoms with Crippen LogP contribution >= 0.6 is 0 Å². The van der Waals surface area contributed by atoms with Crippen LogP contribution < -0.4 is 5.56 Å². The summed E-state index contributed by atoms with van der Waals surface area (Å²) >= 11 is 0. The minimum absolute atomic E-state index is 0.0235. The highest BCUT2D eigenvalue weighted by Gasteiger charge is 2.09. The zero-order valence-corrected chi connectivity index (χ0v) is 9.45. The zero-order valence-electron chi connectivity index (χ0n) is 9.45. The molecule has 0 amide bonds. The molecule has 0 aliphatic carbocycles. The van der Waals surface area contributed by atoms with Gasteiger partial charge in [-0.1, -0.05) is 18.2 Å². The number of nitrogens with zero attached hydrogens (tertiary/aromatic N) is 2. The van der Waals surface area contributed by atoms with Crippen molar-refractivity contribution in [3.63, 3.8) is 0 Å². The van der Waals surface area contributed by atoms with E-state index in [2.05, 4.69) is 4.98 Å². The molecule has 3 rings (SSSR count). The SMILES string of the molecule is O=c1cc(O)c2ccncc2n1-c1ccccc1. The Morgan fingerprint density at radius 3 is 2.67 bits per heavy atom. The fourth-order valence-corrected chi connectivity index (χ4v) is 2.00. The highest BCUT2D eigenvalue weighted by atomic mass is 16.3. The van der Waals surface area contributed by atoms with Crippen LogP contribution in [0.5, 0.6) is 5.75 Å². The molecule has 88 valence electrons. The maximum absolute atomic E-state index is 12.0. The van der Waals surface area contributed by atoms with E-state index in [1.54, 1.807) is 18.5 Å². The van der Waals surface area contributed by atoms with Crippen LogP contribution in [-0.4, -0.2) is 14.7 Å².